The zero-order valence-electron chi connectivity index (χ0n) is 11.8. The smallest absolute Gasteiger partial charge is 0.303 e. The van der Waals surface area contributed by atoms with Gasteiger partial charge < -0.3 is 15.3 Å². The van der Waals surface area contributed by atoms with Crippen LogP contribution in [-0.2, 0) is 4.79 Å². The Bertz CT molecular complexity index is 514. The summed E-state index contributed by atoms with van der Waals surface area (Å²) in [6.45, 7) is 4.54. The lowest BCUT2D eigenvalue weighted by Crippen LogP contribution is -2.51. The van der Waals surface area contributed by atoms with Crippen molar-refractivity contribution >= 4 is 17.6 Å². The Labute approximate surface area is 118 Å². The third kappa shape index (κ3) is 2.92. The minimum atomic E-state index is -0.830. The molecule has 1 aliphatic heterocycles. The van der Waals surface area contributed by atoms with Gasteiger partial charge in [0.1, 0.15) is 6.17 Å². The van der Waals surface area contributed by atoms with Gasteiger partial charge in [-0.05, 0) is 24.5 Å². The molecular formula is C15H20N2O3. The predicted molar refractivity (Wildman–Crippen MR) is 76.6 cm³/mol. The molecule has 0 aliphatic carbocycles. The zero-order valence-corrected chi connectivity index (χ0v) is 11.8. The van der Waals surface area contributed by atoms with Crippen LogP contribution in [0.3, 0.4) is 0 Å². The summed E-state index contributed by atoms with van der Waals surface area (Å²) >= 11 is 0. The van der Waals surface area contributed by atoms with Gasteiger partial charge in [-0.2, -0.15) is 0 Å². The number of hydrogen-bond donors (Lipinski definition) is 2. The molecule has 1 aromatic rings. The molecule has 1 aliphatic rings. The third-order valence-electron chi connectivity index (χ3n) is 3.48. The van der Waals surface area contributed by atoms with E-state index in [2.05, 4.69) is 5.32 Å². The van der Waals surface area contributed by atoms with E-state index in [1.54, 1.807) is 11.0 Å². The molecule has 0 radical (unpaired) electrons. The van der Waals surface area contributed by atoms with Gasteiger partial charge in [0, 0.05) is 18.7 Å². The molecule has 0 saturated heterocycles. The monoisotopic (exact) mass is 276 g/mol. The second-order valence-electron chi connectivity index (χ2n) is 5.37. The van der Waals surface area contributed by atoms with Crippen molar-refractivity contribution in [3.05, 3.63) is 29.8 Å². The minimum absolute atomic E-state index is 0.0246. The highest BCUT2D eigenvalue weighted by Crippen LogP contribution is 2.28. The maximum absolute atomic E-state index is 12.5. The number of para-hydroxylation sites is 1. The molecule has 0 bridgehead atoms. The minimum Gasteiger partial charge on any atom is -0.481 e. The normalized spacial score (nSPS) is 17.9. The molecule has 0 saturated carbocycles. The molecule has 1 heterocycles. The van der Waals surface area contributed by atoms with Crippen molar-refractivity contribution in [2.75, 3.05) is 11.9 Å². The van der Waals surface area contributed by atoms with Crippen molar-refractivity contribution in [1.82, 2.24) is 4.90 Å². The first kappa shape index (κ1) is 14.4. The SMILES string of the molecule is CC(C)[C@H]1Nc2ccccc2C(=O)N1CCCC(=O)O. The van der Waals surface area contributed by atoms with Gasteiger partial charge >= 0.3 is 5.97 Å². The highest BCUT2D eigenvalue weighted by molar-refractivity contribution is 6.01. The van der Waals surface area contributed by atoms with Gasteiger partial charge in [0.25, 0.3) is 5.91 Å². The number of anilines is 1. The molecule has 5 heteroatoms. The first-order valence-electron chi connectivity index (χ1n) is 6.89. The number of aliphatic carboxylic acids is 1. The molecule has 5 nitrogen and oxygen atoms in total. The van der Waals surface area contributed by atoms with Crippen LogP contribution in [0, 0.1) is 5.92 Å². The second kappa shape index (κ2) is 5.94. The summed E-state index contributed by atoms with van der Waals surface area (Å²) in [4.78, 5) is 24.9. The van der Waals surface area contributed by atoms with Crippen LogP contribution in [-0.4, -0.2) is 34.6 Å². The summed E-state index contributed by atoms with van der Waals surface area (Å²) in [5.41, 5.74) is 1.51. The molecule has 0 fully saturated rings. The summed E-state index contributed by atoms with van der Waals surface area (Å²) in [5.74, 6) is -0.607. The average molecular weight is 276 g/mol. The van der Waals surface area contributed by atoms with E-state index in [0.29, 0.717) is 18.5 Å². The number of benzene rings is 1. The quantitative estimate of drug-likeness (QED) is 0.866. The van der Waals surface area contributed by atoms with Gasteiger partial charge in [0.05, 0.1) is 5.56 Å². The molecule has 1 amide bonds. The molecule has 1 aromatic carbocycles. The largest absolute Gasteiger partial charge is 0.481 e. The number of nitrogens with zero attached hydrogens (tertiary/aromatic N) is 1. The lowest BCUT2D eigenvalue weighted by Gasteiger charge is -2.40. The van der Waals surface area contributed by atoms with Gasteiger partial charge in [-0.1, -0.05) is 26.0 Å². The Morgan fingerprint density at radius 3 is 2.75 bits per heavy atom. The van der Waals surface area contributed by atoms with Crippen LogP contribution in [0.5, 0.6) is 0 Å². The Morgan fingerprint density at radius 2 is 2.10 bits per heavy atom. The van der Waals surface area contributed by atoms with E-state index in [0.717, 1.165) is 5.69 Å². The van der Waals surface area contributed by atoms with Crippen LogP contribution in [0.2, 0.25) is 0 Å². The molecule has 2 N–H and O–H groups in total. The first-order valence-corrected chi connectivity index (χ1v) is 6.89. The van der Waals surface area contributed by atoms with Crippen LogP contribution in [0.4, 0.5) is 5.69 Å². The number of carboxylic acids is 1. The Kier molecular flexibility index (Phi) is 4.27. The van der Waals surface area contributed by atoms with E-state index >= 15 is 0 Å². The van der Waals surface area contributed by atoms with Crippen LogP contribution in [0.25, 0.3) is 0 Å². The number of carboxylic acid groups (broad SMARTS) is 1. The molecule has 20 heavy (non-hydrogen) atoms. The molecule has 1 atom stereocenters. The summed E-state index contributed by atoms with van der Waals surface area (Å²) in [6.07, 6.45) is 0.455. The van der Waals surface area contributed by atoms with E-state index in [9.17, 15) is 9.59 Å². The number of fused-ring (bicyclic) bond motifs is 1. The van der Waals surface area contributed by atoms with Crippen molar-refractivity contribution in [2.45, 2.75) is 32.9 Å². The highest BCUT2D eigenvalue weighted by atomic mass is 16.4. The summed E-state index contributed by atoms with van der Waals surface area (Å²) in [5, 5.41) is 12.1. The molecular weight excluding hydrogens is 256 g/mol. The Hall–Kier alpha value is -2.04. The number of carbonyl (C=O) groups is 2. The van der Waals surface area contributed by atoms with Crippen LogP contribution in [0.1, 0.15) is 37.0 Å². The topological polar surface area (TPSA) is 69.6 Å². The van der Waals surface area contributed by atoms with Crippen LogP contribution in [0.15, 0.2) is 24.3 Å². The van der Waals surface area contributed by atoms with Gasteiger partial charge in [-0.15, -0.1) is 0 Å². The number of carbonyl (C=O) groups excluding carboxylic acids is 1. The average Bonchev–Trinajstić information content (AvgIpc) is 2.40. The fourth-order valence-electron chi connectivity index (χ4n) is 2.48. The van der Waals surface area contributed by atoms with E-state index in [4.69, 9.17) is 5.11 Å². The summed E-state index contributed by atoms with van der Waals surface area (Å²) in [6, 6.07) is 7.43. The van der Waals surface area contributed by atoms with Crippen molar-refractivity contribution < 1.29 is 14.7 Å². The first-order chi connectivity index (χ1) is 9.50. The van der Waals surface area contributed by atoms with Gasteiger partial charge in [0.2, 0.25) is 0 Å². The van der Waals surface area contributed by atoms with Crippen LogP contribution < -0.4 is 5.32 Å². The number of rotatable bonds is 5. The second-order valence-corrected chi connectivity index (χ2v) is 5.37. The Balaban J connectivity index is 2.19. The molecule has 108 valence electrons. The fraction of sp³-hybridized carbons (Fsp3) is 0.467. The van der Waals surface area contributed by atoms with Crippen LogP contribution >= 0.6 is 0 Å². The molecule has 0 unspecified atom stereocenters. The third-order valence-corrected chi connectivity index (χ3v) is 3.48. The standard InChI is InChI=1S/C15H20N2O3/c1-10(2)14-16-12-7-4-3-6-11(12)15(20)17(14)9-5-8-13(18)19/h3-4,6-7,10,14,16H,5,8-9H2,1-2H3,(H,18,19)/t14-/m0/s1. The number of hydrogen-bond acceptors (Lipinski definition) is 3. The van der Waals surface area contributed by atoms with E-state index in [1.807, 2.05) is 32.0 Å². The molecule has 0 aromatic heterocycles. The number of nitrogens with one attached hydrogen (secondary N) is 1. The summed E-state index contributed by atoms with van der Waals surface area (Å²) < 4.78 is 0. The predicted octanol–water partition coefficient (Wildman–Crippen LogP) is 2.40. The van der Waals surface area contributed by atoms with Crippen molar-refractivity contribution in [3.63, 3.8) is 0 Å². The van der Waals surface area contributed by atoms with Gasteiger partial charge in [0.15, 0.2) is 0 Å². The lowest BCUT2D eigenvalue weighted by atomic mass is 10.0. The van der Waals surface area contributed by atoms with Crippen molar-refractivity contribution in [1.29, 1.82) is 0 Å². The van der Waals surface area contributed by atoms with E-state index < -0.39 is 5.97 Å². The number of amides is 1. The van der Waals surface area contributed by atoms with E-state index in [1.165, 1.54) is 0 Å². The van der Waals surface area contributed by atoms with Gasteiger partial charge in [-0.3, -0.25) is 9.59 Å². The maximum atomic E-state index is 12.5. The Morgan fingerprint density at radius 1 is 1.40 bits per heavy atom. The van der Waals surface area contributed by atoms with E-state index in [-0.39, 0.29) is 24.4 Å². The summed E-state index contributed by atoms with van der Waals surface area (Å²) in [7, 11) is 0. The molecule has 0 spiro atoms. The van der Waals surface area contributed by atoms with Gasteiger partial charge in [-0.25, -0.2) is 0 Å². The van der Waals surface area contributed by atoms with Crippen molar-refractivity contribution in [2.24, 2.45) is 5.92 Å². The maximum Gasteiger partial charge on any atom is 0.303 e. The lowest BCUT2D eigenvalue weighted by molar-refractivity contribution is -0.137. The van der Waals surface area contributed by atoms with Crippen molar-refractivity contribution in [3.8, 4) is 0 Å². The highest BCUT2D eigenvalue weighted by Gasteiger charge is 2.32. The molecule has 2 rings (SSSR count). The zero-order chi connectivity index (χ0) is 14.7. The fourth-order valence-corrected chi connectivity index (χ4v) is 2.48.